The SMILES string of the molecule is O=[N+]([O-])c1cc(F)c(Cl)cc1NCCC1CCC1. The molecule has 0 aliphatic heterocycles. The van der Waals surface area contributed by atoms with Crippen LogP contribution in [0.3, 0.4) is 0 Å². The summed E-state index contributed by atoms with van der Waals surface area (Å²) in [5.41, 5.74) is 0.0104. The fourth-order valence-electron chi connectivity index (χ4n) is 2.02. The number of halogens is 2. The van der Waals surface area contributed by atoms with E-state index in [1.54, 1.807) is 0 Å². The summed E-state index contributed by atoms with van der Waals surface area (Å²) in [6, 6.07) is 2.13. The Morgan fingerprint density at radius 1 is 1.50 bits per heavy atom. The molecule has 0 heterocycles. The van der Waals surface area contributed by atoms with Crippen molar-refractivity contribution in [1.29, 1.82) is 0 Å². The lowest BCUT2D eigenvalue weighted by molar-refractivity contribution is -0.384. The lowest BCUT2D eigenvalue weighted by Crippen LogP contribution is -2.16. The van der Waals surface area contributed by atoms with E-state index in [2.05, 4.69) is 5.32 Å². The minimum absolute atomic E-state index is 0.105. The molecule has 0 amide bonds. The minimum atomic E-state index is -0.770. The summed E-state index contributed by atoms with van der Waals surface area (Å²) in [6.45, 7) is 0.646. The molecule has 0 unspecified atom stereocenters. The number of nitro benzene ring substituents is 1. The smallest absolute Gasteiger partial charge is 0.295 e. The van der Waals surface area contributed by atoms with Crippen LogP contribution >= 0.6 is 11.6 Å². The van der Waals surface area contributed by atoms with Crippen molar-refractivity contribution in [2.45, 2.75) is 25.7 Å². The predicted octanol–water partition coefficient (Wildman–Crippen LogP) is 3.99. The van der Waals surface area contributed by atoms with Crippen molar-refractivity contribution in [3.8, 4) is 0 Å². The number of benzene rings is 1. The van der Waals surface area contributed by atoms with E-state index in [0.29, 0.717) is 12.5 Å². The third-order valence-corrected chi connectivity index (χ3v) is 3.62. The minimum Gasteiger partial charge on any atom is -0.379 e. The van der Waals surface area contributed by atoms with E-state index in [1.165, 1.54) is 25.3 Å². The molecule has 18 heavy (non-hydrogen) atoms. The Kier molecular flexibility index (Phi) is 4.01. The summed E-state index contributed by atoms with van der Waals surface area (Å²) in [7, 11) is 0. The lowest BCUT2D eigenvalue weighted by Gasteiger charge is -2.25. The molecule has 0 spiro atoms. The Morgan fingerprint density at radius 3 is 2.78 bits per heavy atom. The van der Waals surface area contributed by atoms with E-state index in [0.717, 1.165) is 12.5 Å². The number of nitrogens with one attached hydrogen (secondary N) is 1. The van der Waals surface area contributed by atoms with E-state index >= 15 is 0 Å². The van der Waals surface area contributed by atoms with E-state index in [9.17, 15) is 14.5 Å². The van der Waals surface area contributed by atoms with Gasteiger partial charge in [0.25, 0.3) is 5.69 Å². The number of hydrogen-bond acceptors (Lipinski definition) is 3. The average Bonchev–Trinajstić information content (AvgIpc) is 2.25. The van der Waals surface area contributed by atoms with Crippen LogP contribution in [0.1, 0.15) is 25.7 Å². The van der Waals surface area contributed by atoms with Crippen molar-refractivity contribution in [2.24, 2.45) is 5.92 Å². The van der Waals surface area contributed by atoms with Crippen LogP contribution in [0.2, 0.25) is 5.02 Å². The van der Waals surface area contributed by atoms with E-state index < -0.39 is 10.7 Å². The third kappa shape index (κ3) is 2.90. The fourth-order valence-corrected chi connectivity index (χ4v) is 2.19. The molecule has 4 nitrogen and oxygen atoms in total. The summed E-state index contributed by atoms with van der Waals surface area (Å²) in [4.78, 5) is 10.2. The third-order valence-electron chi connectivity index (χ3n) is 3.33. The molecule has 1 saturated carbocycles. The van der Waals surface area contributed by atoms with Crippen LogP contribution < -0.4 is 5.32 Å². The first-order chi connectivity index (χ1) is 8.58. The van der Waals surface area contributed by atoms with Gasteiger partial charge >= 0.3 is 0 Å². The number of rotatable bonds is 5. The van der Waals surface area contributed by atoms with Crippen molar-refractivity contribution < 1.29 is 9.31 Å². The quantitative estimate of drug-likeness (QED) is 0.651. The molecule has 98 valence electrons. The fraction of sp³-hybridized carbons (Fsp3) is 0.500. The van der Waals surface area contributed by atoms with Gasteiger partial charge in [0.15, 0.2) is 0 Å². The zero-order valence-corrected chi connectivity index (χ0v) is 10.5. The van der Waals surface area contributed by atoms with Gasteiger partial charge < -0.3 is 5.32 Å². The van der Waals surface area contributed by atoms with E-state index in [1.807, 2.05) is 0 Å². The molecule has 2 rings (SSSR count). The topological polar surface area (TPSA) is 55.2 Å². The molecule has 1 fully saturated rings. The van der Waals surface area contributed by atoms with Gasteiger partial charge in [0.1, 0.15) is 11.5 Å². The average molecular weight is 273 g/mol. The van der Waals surface area contributed by atoms with Crippen LogP contribution in [0.25, 0.3) is 0 Å². The maximum absolute atomic E-state index is 13.2. The Morgan fingerprint density at radius 2 is 2.22 bits per heavy atom. The monoisotopic (exact) mass is 272 g/mol. The van der Waals surface area contributed by atoms with Gasteiger partial charge in [0.05, 0.1) is 16.0 Å². The molecule has 0 saturated heterocycles. The summed E-state index contributed by atoms with van der Waals surface area (Å²) >= 11 is 5.63. The number of nitrogens with zero attached hydrogens (tertiary/aromatic N) is 1. The second kappa shape index (κ2) is 5.52. The summed E-state index contributed by atoms with van der Waals surface area (Å²) in [6.07, 6.45) is 4.71. The van der Waals surface area contributed by atoms with Crippen LogP contribution in [0.4, 0.5) is 15.8 Å². The number of anilines is 1. The first-order valence-electron chi connectivity index (χ1n) is 5.95. The molecule has 0 atom stereocenters. The highest BCUT2D eigenvalue weighted by Crippen LogP contribution is 2.32. The molecular formula is C12H14ClFN2O2. The highest BCUT2D eigenvalue weighted by atomic mass is 35.5. The van der Waals surface area contributed by atoms with Crippen molar-refractivity contribution >= 4 is 23.0 Å². The maximum atomic E-state index is 13.2. The van der Waals surface area contributed by atoms with Crippen LogP contribution in [0.15, 0.2) is 12.1 Å². The Labute approximate surface area is 109 Å². The highest BCUT2D eigenvalue weighted by Gasteiger charge is 2.19. The Bertz CT molecular complexity index is 464. The van der Waals surface area contributed by atoms with Gasteiger partial charge in [-0.25, -0.2) is 4.39 Å². The second-order valence-corrected chi connectivity index (χ2v) is 4.96. The normalized spacial score (nSPS) is 15.2. The molecule has 6 heteroatoms. The first kappa shape index (κ1) is 13.1. The number of hydrogen-bond donors (Lipinski definition) is 1. The standard InChI is InChI=1S/C12H14ClFN2O2/c13-9-6-11(12(16(17)18)7-10(9)14)15-5-4-8-2-1-3-8/h6-8,15H,1-5H2. The van der Waals surface area contributed by atoms with Gasteiger partial charge in [-0.15, -0.1) is 0 Å². The molecule has 1 aromatic rings. The van der Waals surface area contributed by atoms with E-state index in [-0.39, 0.29) is 16.4 Å². The highest BCUT2D eigenvalue weighted by molar-refractivity contribution is 6.31. The second-order valence-electron chi connectivity index (χ2n) is 4.55. The van der Waals surface area contributed by atoms with Gasteiger partial charge in [-0.2, -0.15) is 0 Å². The van der Waals surface area contributed by atoms with Gasteiger partial charge in [-0.05, 0) is 18.4 Å². The van der Waals surface area contributed by atoms with Gasteiger partial charge in [0, 0.05) is 6.54 Å². The zero-order chi connectivity index (χ0) is 13.1. The first-order valence-corrected chi connectivity index (χ1v) is 6.33. The summed E-state index contributed by atoms with van der Waals surface area (Å²) in [5.74, 6) is -0.0552. The van der Waals surface area contributed by atoms with Gasteiger partial charge in [0.2, 0.25) is 0 Å². The molecule has 1 aromatic carbocycles. The molecule has 0 bridgehead atoms. The van der Waals surface area contributed by atoms with Crippen LogP contribution in [0.5, 0.6) is 0 Å². The van der Waals surface area contributed by atoms with Crippen molar-refractivity contribution in [1.82, 2.24) is 0 Å². The molecule has 1 aliphatic carbocycles. The Hall–Kier alpha value is -1.36. The van der Waals surface area contributed by atoms with Crippen LogP contribution in [0, 0.1) is 21.8 Å². The Balaban J connectivity index is 2.04. The maximum Gasteiger partial charge on any atom is 0.295 e. The lowest BCUT2D eigenvalue weighted by atomic mass is 9.83. The van der Waals surface area contributed by atoms with E-state index in [4.69, 9.17) is 11.6 Å². The number of nitro groups is 1. The summed E-state index contributed by atoms with van der Waals surface area (Å²) in [5, 5.41) is 13.7. The summed E-state index contributed by atoms with van der Waals surface area (Å²) < 4.78 is 13.2. The van der Waals surface area contributed by atoms with Gasteiger partial charge in [-0.3, -0.25) is 10.1 Å². The largest absolute Gasteiger partial charge is 0.379 e. The van der Waals surface area contributed by atoms with Crippen molar-refractivity contribution in [3.05, 3.63) is 33.1 Å². The van der Waals surface area contributed by atoms with Crippen LogP contribution in [-0.2, 0) is 0 Å². The molecule has 1 N–H and O–H groups in total. The molecular weight excluding hydrogens is 259 g/mol. The molecule has 0 radical (unpaired) electrons. The van der Waals surface area contributed by atoms with Crippen molar-refractivity contribution in [2.75, 3.05) is 11.9 Å². The predicted molar refractivity (Wildman–Crippen MR) is 68.5 cm³/mol. The molecule has 1 aliphatic rings. The van der Waals surface area contributed by atoms with Gasteiger partial charge in [-0.1, -0.05) is 30.9 Å². The zero-order valence-electron chi connectivity index (χ0n) is 9.79. The molecule has 0 aromatic heterocycles. The van der Waals surface area contributed by atoms with Crippen molar-refractivity contribution in [3.63, 3.8) is 0 Å². The van der Waals surface area contributed by atoms with Crippen LogP contribution in [-0.4, -0.2) is 11.5 Å².